The van der Waals surface area contributed by atoms with E-state index >= 15 is 0 Å². The molecule has 0 heterocycles. The van der Waals surface area contributed by atoms with Crippen LogP contribution >= 0.6 is 24.0 Å². The van der Waals surface area contributed by atoms with Gasteiger partial charge in [0, 0.05) is 5.75 Å². The van der Waals surface area contributed by atoms with E-state index in [1.807, 2.05) is 0 Å². The second kappa shape index (κ2) is 23.2. The maximum Gasteiger partial charge on any atom is 1.00 e. The second-order valence-corrected chi connectivity index (χ2v) is 8.31. The van der Waals surface area contributed by atoms with Gasteiger partial charge in [0.25, 0.3) is 0 Å². The summed E-state index contributed by atoms with van der Waals surface area (Å²) in [6.45, 7) is 2.29. The minimum Gasteiger partial charge on any atom is -0.385 e. The number of thiocarbonyl (C=S) groups is 1. The van der Waals surface area contributed by atoms with E-state index in [-0.39, 0.29) is 29.6 Å². The fourth-order valence-electron chi connectivity index (χ4n) is 2.82. The predicted molar refractivity (Wildman–Crippen MR) is 109 cm³/mol. The molecule has 0 unspecified atom stereocenters. The quantitative estimate of drug-likeness (QED) is 0.236. The van der Waals surface area contributed by atoms with Gasteiger partial charge in [0.2, 0.25) is 0 Å². The zero-order valence-corrected chi connectivity index (χ0v) is 19.5. The number of unbranched alkanes of at least 4 members (excludes halogenated alkanes) is 15. The molecule has 0 saturated carbocycles. The summed E-state index contributed by atoms with van der Waals surface area (Å²) in [4.78, 5) is 0. The molecule has 2 N–H and O–H groups in total. The van der Waals surface area contributed by atoms with Crippen LogP contribution in [0.4, 0.5) is 0 Å². The van der Waals surface area contributed by atoms with Crippen molar-refractivity contribution in [3.63, 3.8) is 0 Å². The zero-order valence-electron chi connectivity index (χ0n) is 15.9. The SMILES string of the molecule is CCCCCCCCCCCCCCCCCCSC(N)=S.[Na+]. The third-order valence-electron chi connectivity index (χ3n) is 4.24. The Labute approximate surface area is 178 Å². The molecule has 0 aromatic heterocycles. The van der Waals surface area contributed by atoms with E-state index in [0.717, 1.165) is 5.75 Å². The molecule has 0 aromatic carbocycles. The van der Waals surface area contributed by atoms with Crippen LogP contribution in [0.25, 0.3) is 0 Å². The average Bonchev–Trinajstić information content (AvgIpc) is 2.50. The van der Waals surface area contributed by atoms with Gasteiger partial charge < -0.3 is 5.73 Å². The van der Waals surface area contributed by atoms with Gasteiger partial charge >= 0.3 is 29.6 Å². The number of hydrogen-bond acceptors (Lipinski definition) is 2. The van der Waals surface area contributed by atoms with Gasteiger partial charge in [-0.05, 0) is 6.42 Å². The van der Waals surface area contributed by atoms with Crippen molar-refractivity contribution >= 4 is 28.3 Å². The molecule has 0 amide bonds. The Bertz CT molecular complexity index is 237. The minimum absolute atomic E-state index is 0. The topological polar surface area (TPSA) is 26.0 Å². The van der Waals surface area contributed by atoms with Crippen LogP contribution in [0, 0.1) is 0 Å². The first kappa shape index (κ1) is 26.5. The number of nitrogens with two attached hydrogens (primary N) is 1. The van der Waals surface area contributed by atoms with E-state index in [2.05, 4.69) is 6.92 Å². The molecule has 0 spiro atoms. The molecule has 23 heavy (non-hydrogen) atoms. The Morgan fingerprint density at radius 1 is 0.652 bits per heavy atom. The third-order valence-corrected chi connectivity index (χ3v) is 5.37. The van der Waals surface area contributed by atoms with Crippen molar-refractivity contribution in [2.24, 2.45) is 5.73 Å². The van der Waals surface area contributed by atoms with Crippen molar-refractivity contribution in [2.45, 2.75) is 110 Å². The number of rotatable bonds is 17. The fourth-order valence-corrected chi connectivity index (χ4v) is 3.62. The van der Waals surface area contributed by atoms with Gasteiger partial charge in [0.05, 0.1) is 0 Å². The summed E-state index contributed by atoms with van der Waals surface area (Å²) in [7, 11) is 0. The van der Waals surface area contributed by atoms with Gasteiger partial charge in [-0.1, -0.05) is 127 Å². The standard InChI is InChI=1S/C19H39NS2.Na/c1-2-3-4-5-6-7-8-9-10-11-12-13-14-15-16-17-18-22-19(20)21;/h2-18H2,1H3,(H2,20,21);/q;+1. The van der Waals surface area contributed by atoms with Gasteiger partial charge in [-0.15, -0.1) is 0 Å². The molecule has 4 heteroatoms. The first-order valence-electron chi connectivity index (χ1n) is 9.69. The van der Waals surface area contributed by atoms with E-state index in [4.69, 9.17) is 18.0 Å². The smallest absolute Gasteiger partial charge is 0.385 e. The summed E-state index contributed by atoms with van der Waals surface area (Å²) in [6, 6.07) is 0. The molecule has 0 radical (unpaired) electrons. The third kappa shape index (κ3) is 25.6. The molecule has 1 nitrogen and oxygen atoms in total. The second-order valence-electron chi connectivity index (χ2n) is 6.47. The Balaban J connectivity index is 0. The summed E-state index contributed by atoms with van der Waals surface area (Å²) in [5.41, 5.74) is 5.45. The van der Waals surface area contributed by atoms with E-state index in [1.54, 1.807) is 11.8 Å². The van der Waals surface area contributed by atoms with Crippen molar-refractivity contribution in [1.82, 2.24) is 0 Å². The molecule has 0 rings (SSSR count). The van der Waals surface area contributed by atoms with Crippen LogP contribution in [-0.2, 0) is 0 Å². The van der Waals surface area contributed by atoms with Crippen molar-refractivity contribution in [3.8, 4) is 0 Å². The van der Waals surface area contributed by atoms with Crippen molar-refractivity contribution < 1.29 is 29.6 Å². The van der Waals surface area contributed by atoms with Crippen LogP contribution in [0.2, 0.25) is 0 Å². The summed E-state index contributed by atoms with van der Waals surface area (Å²) in [5.74, 6) is 1.10. The summed E-state index contributed by atoms with van der Waals surface area (Å²) in [6.07, 6.45) is 22.7. The molecule has 0 saturated heterocycles. The minimum atomic E-state index is 0. The normalized spacial score (nSPS) is 10.5. The predicted octanol–water partition coefficient (Wildman–Crippen LogP) is 4.23. The Hall–Kier alpha value is 1.24. The van der Waals surface area contributed by atoms with Gasteiger partial charge in [-0.25, -0.2) is 0 Å². The number of thioether (sulfide) groups is 1. The number of hydrogen-bond donors (Lipinski definition) is 1. The van der Waals surface area contributed by atoms with Crippen LogP contribution in [0.1, 0.15) is 110 Å². The zero-order chi connectivity index (χ0) is 16.3. The largest absolute Gasteiger partial charge is 1.00 e. The summed E-state index contributed by atoms with van der Waals surface area (Å²) < 4.78 is 0.598. The molecule has 0 fully saturated rings. The van der Waals surface area contributed by atoms with Gasteiger partial charge in [-0.2, -0.15) is 0 Å². The summed E-state index contributed by atoms with van der Waals surface area (Å²) in [5, 5.41) is 0. The first-order chi connectivity index (χ1) is 10.8. The van der Waals surface area contributed by atoms with Crippen LogP contribution in [0.5, 0.6) is 0 Å². The van der Waals surface area contributed by atoms with E-state index < -0.39 is 0 Å². The molecule has 0 bridgehead atoms. The molecule has 0 aliphatic heterocycles. The maximum atomic E-state index is 5.45. The van der Waals surface area contributed by atoms with Crippen molar-refractivity contribution in [1.29, 1.82) is 0 Å². The Kier molecular flexibility index (Phi) is 26.7. The molecule has 0 atom stereocenters. The fraction of sp³-hybridized carbons (Fsp3) is 0.947. The molecular formula is C19H39NNaS2+. The van der Waals surface area contributed by atoms with Crippen LogP contribution in [0.3, 0.4) is 0 Å². The summed E-state index contributed by atoms with van der Waals surface area (Å²) >= 11 is 6.47. The van der Waals surface area contributed by atoms with Crippen LogP contribution < -0.4 is 35.3 Å². The van der Waals surface area contributed by atoms with Crippen LogP contribution in [0.15, 0.2) is 0 Å². The van der Waals surface area contributed by atoms with E-state index in [0.29, 0.717) is 4.32 Å². The van der Waals surface area contributed by atoms with Gasteiger partial charge in [0.15, 0.2) is 0 Å². The molecular weight excluding hydrogens is 329 g/mol. The maximum absolute atomic E-state index is 5.45. The Morgan fingerprint density at radius 3 is 1.26 bits per heavy atom. The van der Waals surface area contributed by atoms with Gasteiger partial charge in [0.1, 0.15) is 4.32 Å². The Morgan fingerprint density at radius 2 is 0.957 bits per heavy atom. The van der Waals surface area contributed by atoms with E-state index in [9.17, 15) is 0 Å². The average molecular weight is 369 g/mol. The van der Waals surface area contributed by atoms with E-state index in [1.165, 1.54) is 103 Å². The monoisotopic (exact) mass is 368 g/mol. The molecule has 0 aliphatic carbocycles. The molecule has 0 aliphatic rings. The van der Waals surface area contributed by atoms with Crippen molar-refractivity contribution in [3.05, 3.63) is 0 Å². The first-order valence-corrected chi connectivity index (χ1v) is 11.1. The molecule has 0 aromatic rings. The van der Waals surface area contributed by atoms with Crippen molar-refractivity contribution in [2.75, 3.05) is 5.75 Å². The molecule has 132 valence electrons. The van der Waals surface area contributed by atoms with Gasteiger partial charge in [-0.3, -0.25) is 0 Å². The van der Waals surface area contributed by atoms with Crippen LogP contribution in [-0.4, -0.2) is 10.1 Å².